The van der Waals surface area contributed by atoms with Crippen LogP contribution in [0.4, 0.5) is 11.8 Å². The molecule has 1 aliphatic rings. The number of carbonyl (C=O) groups is 2. The molecule has 1 aromatic heterocycles. The molecule has 1 aromatic rings. The van der Waals surface area contributed by atoms with Crippen molar-refractivity contribution in [2.45, 2.75) is 39.7 Å². The van der Waals surface area contributed by atoms with E-state index in [0.29, 0.717) is 18.2 Å². The fourth-order valence-electron chi connectivity index (χ4n) is 2.34. The summed E-state index contributed by atoms with van der Waals surface area (Å²) in [5.74, 6) is 0.588. The van der Waals surface area contributed by atoms with E-state index in [1.54, 1.807) is 11.1 Å². The van der Waals surface area contributed by atoms with Crippen LogP contribution >= 0.6 is 0 Å². The summed E-state index contributed by atoms with van der Waals surface area (Å²) < 4.78 is 0. The lowest BCUT2D eigenvalue weighted by Gasteiger charge is -2.35. The molecule has 21 heavy (non-hydrogen) atoms. The molecule has 0 saturated carbocycles. The molecule has 0 aromatic carbocycles. The molecule has 7 nitrogen and oxygen atoms in total. The monoisotopic (exact) mass is 291 g/mol. The largest absolute Gasteiger partial charge is 0.354 e. The first-order valence-electron chi connectivity index (χ1n) is 7.24. The van der Waals surface area contributed by atoms with Crippen LogP contribution in [0.25, 0.3) is 0 Å². The van der Waals surface area contributed by atoms with Gasteiger partial charge in [0, 0.05) is 18.3 Å². The number of nitrogens with zero attached hydrogens (tertiary/aromatic N) is 3. The van der Waals surface area contributed by atoms with Gasteiger partial charge in [-0.05, 0) is 19.8 Å². The van der Waals surface area contributed by atoms with Gasteiger partial charge in [-0.2, -0.15) is 4.98 Å². The zero-order valence-electron chi connectivity index (χ0n) is 12.6. The molecule has 7 heteroatoms. The molecular weight excluding hydrogens is 270 g/mol. The third kappa shape index (κ3) is 3.29. The molecular formula is C14H21N5O2. The fraction of sp³-hybridized carbons (Fsp3) is 0.571. The van der Waals surface area contributed by atoms with Crippen molar-refractivity contribution in [3.63, 3.8) is 0 Å². The summed E-state index contributed by atoms with van der Waals surface area (Å²) >= 11 is 0. The molecule has 2 rings (SSSR count). The maximum Gasteiger partial charge on any atom is 0.249 e. The van der Waals surface area contributed by atoms with Gasteiger partial charge in [-0.25, -0.2) is 4.98 Å². The third-order valence-electron chi connectivity index (χ3n) is 3.39. The maximum absolute atomic E-state index is 12.0. The van der Waals surface area contributed by atoms with E-state index in [4.69, 9.17) is 0 Å². The van der Waals surface area contributed by atoms with Gasteiger partial charge in [0.15, 0.2) is 0 Å². The van der Waals surface area contributed by atoms with Gasteiger partial charge in [-0.1, -0.05) is 13.8 Å². The van der Waals surface area contributed by atoms with Gasteiger partial charge < -0.3 is 10.2 Å². The van der Waals surface area contributed by atoms with Crippen LogP contribution in [0.15, 0.2) is 6.20 Å². The minimum absolute atomic E-state index is 0.134. The Hall–Kier alpha value is -2.18. The molecule has 2 amide bonds. The van der Waals surface area contributed by atoms with Crippen LogP contribution in [0.1, 0.15) is 32.3 Å². The zero-order valence-corrected chi connectivity index (χ0v) is 12.6. The van der Waals surface area contributed by atoms with Crippen molar-refractivity contribution < 1.29 is 9.59 Å². The Morgan fingerprint density at radius 3 is 2.86 bits per heavy atom. The van der Waals surface area contributed by atoms with Crippen LogP contribution in [0.3, 0.4) is 0 Å². The summed E-state index contributed by atoms with van der Waals surface area (Å²) in [5, 5.41) is 5.49. The molecule has 2 N–H and O–H groups in total. The van der Waals surface area contributed by atoms with Crippen LogP contribution in [-0.2, 0) is 9.59 Å². The smallest absolute Gasteiger partial charge is 0.249 e. The maximum atomic E-state index is 12.0. The number of rotatable bonds is 5. The quantitative estimate of drug-likeness (QED) is 0.782. The number of aryl methyl sites for hydroxylation is 1. The predicted molar refractivity (Wildman–Crippen MR) is 80.1 cm³/mol. The summed E-state index contributed by atoms with van der Waals surface area (Å²) in [6, 6.07) is -0.379. The first-order valence-corrected chi connectivity index (χ1v) is 7.24. The van der Waals surface area contributed by atoms with E-state index in [1.165, 1.54) is 0 Å². The Balaban J connectivity index is 2.33. The lowest BCUT2D eigenvalue weighted by Crippen LogP contribution is -2.58. The number of amides is 2. The Morgan fingerprint density at radius 2 is 2.19 bits per heavy atom. The van der Waals surface area contributed by atoms with Crippen molar-refractivity contribution in [3.8, 4) is 0 Å². The first-order chi connectivity index (χ1) is 10.1. The third-order valence-corrected chi connectivity index (χ3v) is 3.39. The molecule has 0 radical (unpaired) electrons. The first kappa shape index (κ1) is 15.2. The average Bonchev–Trinajstić information content (AvgIpc) is 2.45. The van der Waals surface area contributed by atoms with E-state index in [0.717, 1.165) is 18.5 Å². The number of imide groups is 1. The Morgan fingerprint density at radius 1 is 1.43 bits per heavy atom. The Bertz CT molecular complexity index is 546. The van der Waals surface area contributed by atoms with E-state index >= 15 is 0 Å². The lowest BCUT2D eigenvalue weighted by atomic mass is 10.1. The van der Waals surface area contributed by atoms with Gasteiger partial charge in [-0.3, -0.25) is 14.9 Å². The molecule has 1 fully saturated rings. The van der Waals surface area contributed by atoms with Gasteiger partial charge in [-0.15, -0.1) is 0 Å². The van der Waals surface area contributed by atoms with Gasteiger partial charge in [0.25, 0.3) is 0 Å². The number of hydrogen-bond donors (Lipinski definition) is 2. The number of carbonyl (C=O) groups excluding carboxylic acids is 2. The molecule has 114 valence electrons. The van der Waals surface area contributed by atoms with Crippen LogP contribution in [0, 0.1) is 6.92 Å². The molecule has 1 atom stereocenters. The highest BCUT2D eigenvalue weighted by Crippen LogP contribution is 2.23. The minimum Gasteiger partial charge on any atom is -0.354 e. The minimum atomic E-state index is -0.379. The van der Waals surface area contributed by atoms with Crippen molar-refractivity contribution in [1.29, 1.82) is 0 Å². The standard InChI is InChI=1S/C14H21N5O2/c1-4-6-15-14-16-7-9(3)12(18-14)19-8-11(20)17-13(21)10(19)5-2/h7,10H,4-6,8H2,1-3H3,(H,15,16,18)(H,17,20,21). The van der Waals surface area contributed by atoms with Gasteiger partial charge >= 0.3 is 0 Å². The van der Waals surface area contributed by atoms with Crippen LogP contribution in [-0.4, -0.2) is 40.9 Å². The normalized spacial score (nSPS) is 18.6. The van der Waals surface area contributed by atoms with Crippen molar-refractivity contribution in [1.82, 2.24) is 15.3 Å². The van der Waals surface area contributed by atoms with E-state index < -0.39 is 0 Å². The number of aromatic nitrogens is 2. The fourth-order valence-corrected chi connectivity index (χ4v) is 2.34. The van der Waals surface area contributed by atoms with Gasteiger partial charge in [0.1, 0.15) is 11.9 Å². The molecule has 1 aliphatic heterocycles. The van der Waals surface area contributed by atoms with Crippen molar-refractivity contribution in [2.75, 3.05) is 23.3 Å². The van der Waals surface area contributed by atoms with Crippen LogP contribution < -0.4 is 15.5 Å². The SMILES string of the molecule is CCCNc1ncc(C)c(N2CC(=O)NC(=O)C2CC)n1. The zero-order chi connectivity index (χ0) is 15.4. The number of hydrogen-bond acceptors (Lipinski definition) is 6. The predicted octanol–water partition coefficient (Wildman–Crippen LogP) is 0.848. The molecule has 1 unspecified atom stereocenters. The Labute approximate surface area is 124 Å². The van der Waals surface area contributed by atoms with Crippen LogP contribution in [0.2, 0.25) is 0 Å². The van der Waals surface area contributed by atoms with Crippen molar-refractivity contribution >= 4 is 23.6 Å². The number of piperazine rings is 1. The van der Waals surface area contributed by atoms with E-state index in [-0.39, 0.29) is 24.4 Å². The summed E-state index contributed by atoms with van der Waals surface area (Å²) in [7, 11) is 0. The van der Waals surface area contributed by atoms with Gasteiger partial charge in [0.2, 0.25) is 17.8 Å². The molecule has 0 aliphatic carbocycles. The summed E-state index contributed by atoms with van der Waals surface area (Å²) in [4.78, 5) is 34.1. The number of anilines is 2. The van der Waals surface area contributed by atoms with Crippen molar-refractivity contribution in [2.24, 2.45) is 0 Å². The lowest BCUT2D eigenvalue weighted by molar-refractivity contribution is -0.132. The Kier molecular flexibility index (Phi) is 4.72. The van der Waals surface area contributed by atoms with E-state index in [1.807, 2.05) is 13.8 Å². The summed E-state index contributed by atoms with van der Waals surface area (Å²) in [5.41, 5.74) is 0.845. The van der Waals surface area contributed by atoms with Gasteiger partial charge in [0.05, 0.1) is 6.54 Å². The number of nitrogens with one attached hydrogen (secondary N) is 2. The van der Waals surface area contributed by atoms with Crippen molar-refractivity contribution in [3.05, 3.63) is 11.8 Å². The second kappa shape index (κ2) is 6.51. The highest BCUT2D eigenvalue weighted by atomic mass is 16.2. The summed E-state index contributed by atoms with van der Waals surface area (Å²) in [6.45, 7) is 6.76. The second-order valence-electron chi connectivity index (χ2n) is 5.09. The van der Waals surface area contributed by atoms with E-state index in [9.17, 15) is 9.59 Å². The summed E-state index contributed by atoms with van der Waals surface area (Å²) in [6.07, 6.45) is 3.29. The molecule has 2 heterocycles. The van der Waals surface area contributed by atoms with Crippen LogP contribution in [0.5, 0.6) is 0 Å². The molecule has 0 spiro atoms. The highest BCUT2D eigenvalue weighted by molar-refractivity contribution is 6.04. The molecule has 0 bridgehead atoms. The topological polar surface area (TPSA) is 87.2 Å². The second-order valence-corrected chi connectivity index (χ2v) is 5.09. The van der Waals surface area contributed by atoms with E-state index in [2.05, 4.69) is 27.5 Å². The highest BCUT2D eigenvalue weighted by Gasteiger charge is 2.34. The average molecular weight is 291 g/mol. The molecule has 1 saturated heterocycles.